The summed E-state index contributed by atoms with van der Waals surface area (Å²) in [6.45, 7) is 4.39. The first-order valence-corrected chi connectivity index (χ1v) is 6.67. The molecule has 17 heavy (non-hydrogen) atoms. The average Bonchev–Trinajstić information content (AvgIpc) is 2.27. The van der Waals surface area contributed by atoms with Crippen LogP contribution >= 0.6 is 11.6 Å². The van der Waals surface area contributed by atoms with Crippen molar-refractivity contribution in [2.45, 2.75) is 44.9 Å². The topological polar surface area (TPSA) is 58.2 Å². The Labute approximate surface area is 107 Å². The van der Waals surface area contributed by atoms with Gasteiger partial charge in [-0.2, -0.15) is 0 Å². The smallest absolute Gasteiger partial charge is 0.321 e. The van der Waals surface area contributed by atoms with Crippen LogP contribution in [0.5, 0.6) is 0 Å². The van der Waals surface area contributed by atoms with Crippen LogP contribution in [0.25, 0.3) is 0 Å². The van der Waals surface area contributed by atoms with E-state index in [0.717, 1.165) is 6.42 Å². The molecule has 0 aliphatic heterocycles. The number of halogens is 1. The summed E-state index contributed by atoms with van der Waals surface area (Å²) in [5, 5.41) is 4.27. The molecule has 3 unspecified atom stereocenters. The molecule has 1 aliphatic carbocycles. The second-order valence-electron chi connectivity index (χ2n) is 4.84. The SMILES string of the molecule is CC(Cl)C(=O)NC(=O)NCC1CCCCC1C. The van der Waals surface area contributed by atoms with Gasteiger partial charge >= 0.3 is 6.03 Å². The van der Waals surface area contributed by atoms with Gasteiger partial charge in [-0.15, -0.1) is 11.6 Å². The minimum atomic E-state index is -0.686. The van der Waals surface area contributed by atoms with Gasteiger partial charge < -0.3 is 5.32 Å². The molecule has 0 aromatic heterocycles. The predicted octanol–water partition coefficient (Wildman–Crippen LogP) is 2.27. The fourth-order valence-corrected chi connectivity index (χ4v) is 2.23. The Kier molecular flexibility index (Phi) is 5.75. The van der Waals surface area contributed by atoms with E-state index in [2.05, 4.69) is 17.6 Å². The normalized spacial score (nSPS) is 26.1. The molecule has 3 atom stereocenters. The molecule has 0 aromatic rings. The number of amides is 3. The van der Waals surface area contributed by atoms with Crippen molar-refractivity contribution in [3.63, 3.8) is 0 Å². The summed E-state index contributed by atoms with van der Waals surface area (Å²) < 4.78 is 0. The van der Waals surface area contributed by atoms with Crippen LogP contribution in [0, 0.1) is 11.8 Å². The third kappa shape index (κ3) is 4.94. The zero-order valence-electron chi connectivity index (χ0n) is 10.5. The van der Waals surface area contributed by atoms with Crippen LogP contribution in [0.15, 0.2) is 0 Å². The summed E-state index contributed by atoms with van der Waals surface area (Å²) in [6, 6.07) is -0.444. The third-order valence-corrected chi connectivity index (χ3v) is 3.61. The first-order valence-electron chi connectivity index (χ1n) is 6.23. The Morgan fingerprint density at radius 2 is 2.00 bits per heavy atom. The second-order valence-corrected chi connectivity index (χ2v) is 5.49. The second kappa shape index (κ2) is 6.84. The van der Waals surface area contributed by atoms with Gasteiger partial charge in [-0.25, -0.2) is 4.79 Å². The number of alkyl halides is 1. The van der Waals surface area contributed by atoms with Crippen LogP contribution in [0.3, 0.4) is 0 Å². The van der Waals surface area contributed by atoms with Crippen molar-refractivity contribution in [1.82, 2.24) is 10.6 Å². The van der Waals surface area contributed by atoms with Crippen molar-refractivity contribution in [2.24, 2.45) is 11.8 Å². The lowest BCUT2D eigenvalue weighted by Crippen LogP contribution is -2.44. The molecule has 2 N–H and O–H groups in total. The van der Waals surface area contributed by atoms with Crippen LogP contribution in [0.2, 0.25) is 0 Å². The quantitative estimate of drug-likeness (QED) is 0.765. The molecule has 98 valence electrons. The van der Waals surface area contributed by atoms with Crippen molar-refractivity contribution in [1.29, 1.82) is 0 Å². The van der Waals surface area contributed by atoms with E-state index in [1.165, 1.54) is 26.2 Å². The molecule has 0 bridgehead atoms. The molecule has 0 spiro atoms. The molecular formula is C12H21ClN2O2. The van der Waals surface area contributed by atoms with E-state index in [0.29, 0.717) is 18.4 Å². The molecule has 0 aromatic carbocycles. The van der Waals surface area contributed by atoms with Crippen LogP contribution < -0.4 is 10.6 Å². The Morgan fingerprint density at radius 1 is 1.35 bits per heavy atom. The number of carbonyl (C=O) groups excluding carboxylic acids is 2. The highest BCUT2D eigenvalue weighted by Gasteiger charge is 2.22. The standard InChI is InChI=1S/C12H21ClN2O2/c1-8-5-3-4-6-10(8)7-14-12(17)15-11(16)9(2)13/h8-10H,3-7H2,1-2H3,(H2,14,15,16,17). The molecule has 4 nitrogen and oxygen atoms in total. The number of hydrogen-bond acceptors (Lipinski definition) is 2. The Morgan fingerprint density at radius 3 is 2.59 bits per heavy atom. The molecule has 0 radical (unpaired) electrons. The van der Waals surface area contributed by atoms with Gasteiger partial charge in [-0.3, -0.25) is 10.1 Å². The number of hydrogen-bond donors (Lipinski definition) is 2. The lowest BCUT2D eigenvalue weighted by Gasteiger charge is -2.28. The Bertz CT molecular complexity index is 282. The van der Waals surface area contributed by atoms with Crippen molar-refractivity contribution < 1.29 is 9.59 Å². The number of nitrogens with one attached hydrogen (secondary N) is 2. The zero-order chi connectivity index (χ0) is 12.8. The number of imide groups is 1. The summed E-state index contributed by atoms with van der Waals surface area (Å²) in [5.74, 6) is 0.714. The molecular weight excluding hydrogens is 240 g/mol. The van der Waals surface area contributed by atoms with Gasteiger partial charge in [0.05, 0.1) is 0 Å². The van der Waals surface area contributed by atoms with Gasteiger partial charge in [0.1, 0.15) is 5.38 Å². The van der Waals surface area contributed by atoms with Crippen LogP contribution in [-0.4, -0.2) is 23.9 Å². The molecule has 0 saturated heterocycles. The van der Waals surface area contributed by atoms with E-state index in [4.69, 9.17) is 11.6 Å². The van der Waals surface area contributed by atoms with Crippen molar-refractivity contribution in [2.75, 3.05) is 6.54 Å². The van der Waals surface area contributed by atoms with Crippen molar-refractivity contribution in [3.8, 4) is 0 Å². The fourth-order valence-electron chi connectivity index (χ4n) is 2.18. The monoisotopic (exact) mass is 260 g/mol. The zero-order valence-corrected chi connectivity index (χ0v) is 11.2. The number of carbonyl (C=O) groups is 2. The lowest BCUT2D eigenvalue weighted by molar-refractivity contribution is -0.119. The highest BCUT2D eigenvalue weighted by molar-refractivity contribution is 6.31. The van der Waals surface area contributed by atoms with E-state index < -0.39 is 17.3 Å². The van der Waals surface area contributed by atoms with E-state index in [-0.39, 0.29) is 0 Å². The molecule has 1 saturated carbocycles. The summed E-state index contributed by atoms with van der Waals surface area (Å²) in [4.78, 5) is 22.6. The Hall–Kier alpha value is -0.770. The van der Waals surface area contributed by atoms with Crippen molar-refractivity contribution >= 4 is 23.5 Å². The molecule has 1 aliphatic rings. The molecule has 0 heterocycles. The molecule has 1 fully saturated rings. The summed E-state index contributed by atoms with van der Waals surface area (Å²) in [5.41, 5.74) is 0. The number of rotatable bonds is 3. The van der Waals surface area contributed by atoms with Gasteiger partial charge in [-0.1, -0.05) is 26.2 Å². The van der Waals surface area contributed by atoms with Gasteiger partial charge in [0.15, 0.2) is 0 Å². The first kappa shape index (κ1) is 14.3. The van der Waals surface area contributed by atoms with E-state index in [9.17, 15) is 9.59 Å². The Balaban J connectivity index is 2.25. The molecule has 5 heteroatoms. The number of urea groups is 1. The van der Waals surface area contributed by atoms with Gasteiger partial charge in [0.2, 0.25) is 5.91 Å². The average molecular weight is 261 g/mol. The summed E-state index contributed by atoms with van der Waals surface area (Å²) in [6.07, 6.45) is 4.90. The predicted molar refractivity (Wildman–Crippen MR) is 68.0 cm³/mol. The molecule has 3 amide bonds. The maximum atomic E-state index is 11.4. The van der Waals surface area contributed by atoms with E-state index in [1.807, 2.05) is 0 Å². The minimum absolute atomic E-state index is 0.444. The van der Waals surface area contributed by atoms with E-state index >= 15 is 0 Å². The van der Waals surface area contributed by atoms with E-state index in [1.54, 1.807) is 0 Å². The van der Waals surface area contributed by atoms with Crippen molar-refractivity contribution in [3.05, 3.63) is 0 Å². The summed E-state index contributed by atoms with van der Waals surface area (Å²) >= 11 is 5.55. The highest BCUT2D eigenvalue weighted by atomic mass is 35.5. The third-order valence-electron chi connectivity index (χ3n) is 3.41. The highest BCUT2D eigenvalue weighted by Crippen LogP contribution is 2.28. The summed E-state index contributed by atoms with van der Waals surface area (Å²) in [7, 11) is 0. The van der Waals surface area contributed by atoms with Crippen LogP contribution in [0.4, 0.5) is 4.79 Å². The molecule has 1 rings (SSSR count). The maximum absolute atomic E-state index is 11.4. The lowest BCUT2D eigenvalue weighted by atomic mass is 9.80. The van der Waals surface area contributed by atoms with Crippen LogP contribution in [0.1, 0.15) is 39.5 Å². The van der Waals surface area contributed by atoms with Gasteiger partial charge in [0, 0.05) is 6.54 Å². The first-order chi connectivity index (χ1) is 8.00. The minimum Gasteiger partial charge on any atom is -0.338 e. The maximum Gasteiger partial charge on any atom is 0.321 e. The van der Waals surface area contributed by atoms with Crippen LogP contribution in [-0.2, 0) is 4.79 Å². The largest absolute Gasteiger partial charge is 0.338 e. The fraction of sp³-hybridized carbons (Fsp3) is 0.833. The van der Waals surface area contributed by atoms with Gasteiger partial charge in [0.25, 0.3) is 0 Å². The van der Waals surface area contributed by atoms with Gasteiger partial charge in [-0.05, 0) is 25.2 Å².